The second kappa shape index (κ2) is 6.41. The third-order valence-corrected chi connectivity index (χ3v) is 4.60. The van der Waals surface area contributed by atoms with E-state index in [1.54, 1.807) is 12.5 Å². The van der Waals surface area contributed by atoms with E-state index in [9.17, 15) is 4.79 Å². The summed E-state index contributed by atoms with van der Waals surface area (Å²) in [6.45, 7) is 4.09. The van der Waals surface area contributed by atoms with Crippen molar-refractivity contribution < 1.29 is 13.9 Å². The van der Waals surface area contributed by atoms with Crippen molar-refractivity contribution in [1.82, 2.24) is 9.88 Å². The SMILES string of the molecule is CC1CCOCCN1C(=O)Cc1csc(-c2ccoc2)n1. The van der Waals surface area contributed by atoms with Crippen molar-refractivity contribution in [1.29, 1.82) is 0 Å². The van der Waals surface area contributed by atoms with E-state index in [1.807, 2.05) is 16.3 Å². The maximum Gasteiger partial charge on any atom is 0.228 e. The fourth-order valence-corrected chi connectivity index (χ4v) is 3.23. The lowest BCUT2D eigenvalue weighted by Crippen LogP contribution is -2.40. The summed E-state index contributed by atoms with van der Waals surface area (Å²) in [4.78, 5) is 18.9. The molecule has 3 rings (SSSR count). The standard InChI is InChI=1S/C15H18N2O3S/c1-11-2-5-19-7-4-17(11)14(18)8-13-10-21-15(16-13)12-3-6-20-9-12/h3,6,9-11H,2,4-5,7-8H2,1H3. The van der Waals surface area contributed by atoms with Crippen molar-refractivity contribution in [3.63, 3.8) is 0 Å². The van der Waals surface area contributed by atoms with Gasteiger partial charge in [0.2, 0.25) is 5.91 Å². The van der Waals surface area contributed by atoms with Gasteiger partial charge in [0.05, 0.1) is 25.0 Å². The van der Waals surface area contributed by atoms with Gasteiger partial charge in [-0.15, -0.1) is 11.3 Å². The van der Waals surface area contributed by atoms with Crippen LogP contribution >= 0.6 is 11.3 Å². The molecule has 0 N–H and O–H groups in total. The first-order valence-corrected chi connectivity index (χ1v) is 7.96. The van der Waals surface area contributed by atoms with Crippen molar-refractivity contribution in [3.05, 3.63) is 29.7 Å². The van der Waals surface area contributed by atoms with Crippen LogP contribution in [0.15, 0.2) is 28.4 Å². The summed E-state index contributed by atoms with van der Waals surface area (Å²) in [7, 11) is 0. The molecule has 1 unspecified atom stereocenters. The van der Waals surface area contributed by atoms with Crippen LogP contribution < -0.4 is 0 Å². The van der Waals surface area contributed by atoms with E-state index in [2.05, 4.69) is 11.9 Å². The Kier molecular flexibility index (Phi) is 4.36. The van der Waals surface area contributed by atoms with Crippen LogP contribution in [0.25, 0.3) is 10.6 Å². The van der Waals surface area contributed by atoms with Gasteiger partial charge >= 0.3 is 0 Å². The normalized spacial score (nSPS) is 19.5. The molecule has 6 heteroatoms. The maximum absolute atomic E-state index is 12.4. The minimum absolute atomic E-state index is 0.122. The number of hydrogen-bond donors (Lipinski definition) is 0. The lowest BCUT2D eigenvalue weighted by atomic mass is 10.2. The second-order valence-corrected chi connectivity index (χ2v) is 6.03. The molecule has 112 valence electrons. The number of hydrogen-bond acceptors (Lipinski definition) is 5. The van der Waals surface area contributed by atoms with E-state index in [0.717, 1.165) is 29.3 Å². The van der Waals surface area contributed by atoms with Gasteiger partial charge in [0.25, 0.3) is 0 Å². The Morgan fingerprint density at radius 1 is 1.52 bits per heavy atom. The molecular weight excluding hydrogens is 288 g/mol. The molecule has 0 spiro atoms. The Balaban J connectivity index is 1.67. The van der Waals surface area contributed by atoms with Gasteiger partial charge in [-0.1, -0.05) is 0 Å². The van der Waals surface area contributed by atoms with Crippen LogP contribution in [0.1, 0.15) is 19.0 Å². The van der Waals surface area contributed by atoms with Gasteiger partial charge in [-0.25, -0.2) is 4.98 Å². The Hall–Kier alpha value is -1.66. The van der Waals surface area contributed by atoms with Crippen LogP contribution in [-0.4, -0.2) is 41.6 Å². The van der Waals surface area contributed by atoms with Crippen molar-refractivity contribution >= 4 is 17.2 Å². The molecule has 1 fully saturated rings. The maximum atomic E-state index is 12.4. The highest BCUT2D eigenvalue weighted by atomic mass is 32.1. The third kappa shape index (κ3) is 3.33. The van der Waals surface area contributed by atoms with Crippen LogP contribution in [0.3, 0.4) is 0 Å². The molecule has 21 heavy (non-hydrogen) atoms. The van der Waals surface area contributed by atoms with E-state index in [0.29, 0.717) is 19.6 Å². The summed E-state index contributed by atoms with van der Waals surface area (Å²) in [5.41, 5.74) is 1.77. The van der Waals surface area contributed by atoms with Crippen LogP contribution in [0, 0.1) is 0 Å². The first-order valence-electron chi connectivity index (χ1n) is 7.08. The lowest BCUT2D eigenvalue weighted by molar-refractivity contribution is -0.132. The number of amides is 1. The molecule has 5 nitrogen and oxygen atoms in total. The number of aromatic nitrogens is 1. The fraction of sp³-hybridized carbons (Fsp3) is 0.467. The Morgan fingerprint density at radius 3 is 3.24 bits per heavy atom. The Bertz CT molecular complexity index is 594. The molecule has 1 amide bonds. The number of nitrogens with zero attached hydrogens (tertiary/aromatic N) is 2. The van der Waals surface area contributed by atoms with E-state index >= 15 is 0 Å². The molecule has 1 aliphatic rings. The molecule has 0 bridgehead atoms. The van der Waals surface area contributed by atoms with Crippen LogP contribution in [0.5, 0.6) is 0 Å². The van der Waals surface area contributed by atoms with E-state index in [4.69, 9.17) is 9.15 Å². The molecule has 0 aliphatic carbocycles. The molecule has 1 aliphatic heterocycles. The molecule has 0 radical (unpaired) electrons. The molecular formula is C15H18N2O3S. The monoisotopic (exact) mass is 306 g/mol. The van der Waals surface area contributed by atoms with E-state index in [-0.39, 0.29) is 11.9 Å². The smallest absolute Gasteiger partial charge is 0.228 e. The quantitative estimate of drug-likeness (QED) is 0.874. The predicted octanol–water partition coefficient (Wildman–Crippen LogP) is 2.58. The fourth-order valence-electron chi connectivity index (χ4n) is 2.43. The first-order chi connectivity index (χ1) is 10.2. The molecule has 1 atom stereocenters. The first kappa shape index (κ1) is 14.3. The zero-order valence-electron chi connectivity index (χ0n) is 11.9. The minimum Gasteiger partial charge on any atom is -0.472 e. The van der Waals surface area contributed by atoms with Crippen LogP contribution in [0.2, 0.25) is 0 Å². The van der Waals surface area contributed by atoms with Gasteiger partial charge in [0, 0.05) is 30.1 Å². The number of carbonyl (C=O) groups excluding carboxylic acids is 1. The Labute approximate surface area is 127 Å². The summed E-state index contributed by atoms with van der Waals surface area (Å²) in [5, 5.41) is 2.83. The summed E-state index contributed by atoms with van der Waals surface area (Å²) in [6.07, 6.45) is 4.53. The molecule has 2 aromatic rings. The highest BCUT2D eigenvalue weighted by molar-refractivity contribution is 7.13. The van der Waals surface area contributed by atoms with Crippen LogP contribution in [0.4, 0.5) is 0 Å². The molecule has 1 saturated heterocycles. The highest BCUT2D eigenvalue weighted by Crippen LogP contribution is 2.24. The third-order valence-electron chi connectivity index (χ3n) is 3.66. The summed E-state index contributed by atoms with van der Waals surface area (Å²) in [6, 6.07) is 2.10. The van der Waals surface area contributed by atoms with Gasteiger partial charge in [-0.2, -0.15) is 0 Å². The number of thiazole rings is 1. The zero-order chi connectivity index (χ0) is 14.7. The van der Waals surface area contributed by atoms with E-state index < -0.39 is 0 Å². The average Bonchev–Trinajstić information content (AvgIpc) is 3.09. The van der Waals surface area contributed by atoms with Crippen molar-refractivity contribution in [2.75, 3.05) is 19.8 Å². The summed E-state index contributed by atoms with van der Waals surface area (Å²) in [5.74, 6) is 0.122. The van der Waals surface area contributed by atoms with Crippen molar-refractivity contribution in [3.8, 4) is 10.6 Å². The van der Waals surface area contributed by atoms with Gasteiger partial charge in [0.1, 0.15) is 11.3 Å². The van der Waals surface area contributed by atoms with E-state index in [1.165, 1.54) is 11.3 Å². The topological polar surface area (TPSA) is 55.6 Å². The number of ether oxygens (including phenoxy) is 1. The molecule has 0 aromatic carbocycles. The number of rotatable bonds is 3. The Morgan fingerprint density at radius 2 is 2.43 bits per heavy atom. The van der Waals surface area contributed by atoms with Gasteiger partial charge in [0.15, 0.2) is 0 Å². The predicted molar refractivity (Wildman–Crippen MR) is 80.1 cm³/mol. The summed E-state index contributed by atoms with van der Waals surface area (Å²) >= 11 is 1.53. The van der Waals surface area contributed by atoms with Crippen LogP contribution in [-0.2, 0) is 16.0 Å². The molecule has 0 saturated carbocycles. The summed E-state index contributed by atoms with van der Waals surface area (Å²) < 4.78 is 10.5. The van der Waals surface area contributed by atoms with Gasteiger partial charge in [-0.3, -0.25) is 4.79 Å². The van der Waals surface area contributed by atoms with Crippen molar-refractivity contribution in [2.45, 2.75) is 25.8 Å². The molecule has 2 aromatic heterocycles. The average molecular weight is 306 g/mol. The minimum atomic E-state index is 0.122. The molecule has 3 heterocycles. The van der Waals surface area contributed by atoms with Gasteiger partial charge in [-0.05, 0) is 19.4 Å². The largest absolute Gasteiger partial charge is 0.472 e. The highest BCUT2D eigenvalue weighted by Gasteiger charge is 2.23. The lowest BCUT2D eigenvalue weighted by Gasteiger charge is -2.26. The second-order valence-electron chi connectivity index (χ2n) is 5.17. The zero-order valence-corrected chi connectivity index (χ0v) is 12.8. The van der Waals surface area contributed by atoms with Gasteiger partial charge < -0.3 is 14.1 Å². The van der Waals surface area contributed by atoms with Crippen molar-refractivity contribution in [2.24, 2.45) is 0 Å². The number of carbonyl (C=O) groups is 1. The number of furan rings is 1.